The second kappa shape index (κ2) is 4.42. The third kappa shape index (κ3) is 2.11. The Labute approximate surface area is 96.4 Å². The molecule has 0 radical (unpaired) electrons. The van der Waals surface area contributed by atoms with E-state index in [1.165, 1.54) is 17.1 Å². The predicted octanol–water partition coefficient (Wildman–Crippen LogP) is 1.21. The van der Waals surface area contributed by atoms with Gasteiger partial charge in [-0.1, -0.05) is 12.1 Å². The zero-order valence-corrected chi connectivity index (χ0v) is 8.63. The summed E-state index contributed by atoms with van der Waals surface area (Å²) in [4.78, 5) is 3.71. The second-order valence-corrected chi connectivity index (χ2v) is 3.27. The highest BCUT2D eigenvalue weighted by Crippen LogP contribution is 2.12. The summed E-state index contributed by atoms with van der Waals surface area (Å²) in [5, 5.41) is 21.0. The van der Waals surface area contributed by atoms with E-state index in [4.69, 9.17) is 10.5 Å². The number of nitriles is 2. The van der Waals surface area contributed by atoms with Gasteiger partial charge in [0.2, 0.25) is 0 Å². The molecule has 0 bridgehead atoms. The zero-order valence-electron chi connectivity index (χ0n) is 8.63. The summed E-state index contributed by atoms with van der Waals surface area (Å²) >= 11 is 0. The fourth-order valence-corrected chi connectivity index (χ4v) is 1.38. The van der Waals surface area contributed by atoms with Gasteiger partial charge in [-0.3, -0.25) is 0 Å². The van der Waals surface area contributed by atoms with E-state index >= 15 is 0 Å². The maximum Gasteiger partial charge on any atom is 0.252 e. The quantitative estimate of drug-likeness (QED) is 0.772. The summed E-state index contributed by atoms with van der Waals surface area (Å²) in [6, 6.07) is 8.11. The molecule has 0 atom stereocenters. The van der Waals surface area contributed by atoms with E-state index < -0.39 is 5.82 Å². The molecule has 1 aromatic heterocycles. The number of benzene rings is 1. The highest BCUT2D eigenvalue weighted by Gasteiger charge is 2.08. The van der Waals surface area contributed by atoms with Crippen LogP contribution in [-0.2, 0) is 6.54 Å². The van der Waals surface area contributed by atoms with E-state index in [1.807, 2.05) is 0 Å². The molecule has 0 saturated heterocycles. The van der Waals surface area contributed by atoms with E-state index in [2.05, 4.69) is 10.1 Å². The largest absolute Gasteiger partial charge is 0.252 e. The maximum absolute atomic E-state index is 13.7. The molecule has 1 heterocycles. The Bertz CT molecular complexity index is 632. The van der Waals surface area contributed by atoms with Gasteiger partial charge in [0.1, 0.15) is 24.3 Å². The van der Waals surface area contributed by atoms with E-state index in [-0.39, 0.29) is 17.9 Å². The minimum atomic E-state index is -0.566. The number of aromatic nitrogens is 3. The predicted molar refractivity (Wildman–Crippen MR) is 55.0 cm³/mol. The van der Waals surface area contributed by atoms with Crippen LogP contribution in [0.15, 0.2) is 24.5 Å². The molecule has 17 heavy (non-hydrogen) atoms. The van der Waals surface area contributed by atoms with E-state index in [0.29, 0.717) is 5.56 Å². The van der Waals surface area contributed by atoms with Crippen molar-refractivity contribution in [1.82, 2.24) is 14.8 Å². The summed E-state index contributed by atoms with van der Waals surface area (Å²) in [6.07, 6.45) is 1.34. The molecule has 6 heteroatoms. The SMILES string of the molecule is N#Cc1ncn(Cc2cccc(C#N)c2F)n1. The van der Waals surface area contributed by atoms with Crippen molar-refractivity contribution in [2.45, 2.75) is 6.54 Å². The standard InChI is InChI=1S/C11H6FN5/c12-11-8(4-13)2-1-3-9(11)6-17-7-15-10(5-14)16-17/h1-3,7H,6H2. The van der Waals surface area contributed by atoms with Crippen LogP contribution in [0.1, 0.15) is 17.0 Å². The molecule has 2 rings (SSSR count). The van der Waals surface area contributed by atoms with Gasteiger partial charge in [0.25, 0.3) is 5.82 Å². The zero-order chi connectivity index (χ0) is 12.3. The lowest BCUT2D eigenvalue weighted by atomic mass is 10.1. The van der Waals surface area contributed by atoms with Crippen molar-refractivity contribution < 1.29 is 4.39 Å². The normalized spacial score (nSPS) is 9.59. The average Bonchev–Trinajstić information content (AvgIpc) is 2.79. The van der Waals surface area contributed by atoms with Crippen LogP contribution >= 0.6 is 0 Å². The lowest BCUT2D eigenvalue weighted by Crippen LogP contribution is -2.04. The first-order valence-electron chi connectivity index (χ1n) is 4.71. The van der Waals surface area contributed by atoms with Gasteiger partial charge >= 0.3 is 0 Å². The Morgan fingerprint density at radius 1 is 1.29 bits per heavy atom. The van der Waals surface area contributed by atoms with Gasteiger partial charge in [0.05, 0.1) is 12.1 Å². The summed E-state index contributed by atoms with van der Waals surface area (Å²) in [6.45, 7) is 0.135. The van der Waals surface area contributed by atoms with Crippen LogP contribution in [0.4, 0.5) is 4.39 Å². The van der Waals surface area contributed by atoms with Crippen molar-refractivity contribution in [3.8, 4) is 12.1 Å². The van der Waals surface area contributed by atoms with E-state index in [1.54, 1.807) is 24.3 Å². The van der Waals surface area contributed by atoms with Gasteiger partial charge in [-0.2, -0.15) is 10.5 Å². The van der Waals surface area contributed by atoms with Crippen LogP contribution in [-0.4, -0.2) is 14.8 Å². The van der Waals surface area contributed by atoms with Gasteiger partial charge in [-0.05, 0) is 6.07 Å². The van der Waals surface area contributed by atoms with Crippen LogP contribution < -0.4 is 0 Å². The Morgan fingerprint density at radius 3 is 2.76 bits per heavy atom. The number of nitrogens with zero attached hydrogens (tertiary/aromatic N) is 5. The van der Waals surface area contributed by atoms with Crippen LogP contribution in [0, 0.1) is 28.5 Å². The molecule has 82 valence electrons. The number of hydrogen-bond donors (Lipinski definition) is 0. The van der Waals surface area contributed by atoms with Gasteiger partial charge in [-0.15, -0.1) is 5.10 Å². The summed E-state index contributed by atoms with van der Waals surface area (Å²) < 4.78 is 15.0. The minimum absolute atomic E-state index is 0.0110. The first kappa shape index (κ1) is 10.8. The van der Waals surface area contributed by atoms with E-state index in [9.17, 15) is 4.39 Å². The molecule has 1 aromatic carbocycles. The molecule has 0 aliphatic heterocycles. The Kier molecular flexibility index (Phi) is 2.80. The fourth-order valence-electron chi connectivity index (χ4n) is 1.38. The lowest BCUT2D eigenvalue weighted by molar-refractivity contribution is 0.581. The van der Waals surface area contributed by atoms with Crippen molar-refractivity contribution in [3.05, 3.63) is 47.3 Å². The summed E-state index contributed by atoms with van der Waals surface area (Å²) in [5.74, 6) is -0.536. The molecule has 0 amide bonds. The molecule has 0 saturated carbocycles. The van der Waals surface area contributed by atoms with Crippen molar-refractivity contribution in [1.29, 1.82) is 10.5 Å². The van der Waals surface area contributed by atoms with Gasteiger partial charge in [0, 0.05) is 5.56 Å². The van der Waals surface area contributed by atoms with Crippen LogP contribution in [0.3, 0.4) is 0 Å². The minimum Gasteiger partial charge on any atom is -0.247 e. The van der Waals surface area contributed by atoms with Gasteiger partial charge in [0.15, 0.2) is 0 Å². The molecule has 0 aliphatic carbocycles. The highest BCUT2D eigenvalue weighted by molar-refractivity contribution is 5.34. The Hall–Kier alpha value is -2.73. The summed E-state index contributed by atoms with van der Waals surface area (Å²) in [7, 11) is 0. The molecule has 0 spiro atoms. The first-order chi connectivity index (χ1) is 8.24. The third-order valence-electron chi connectivity index (χ3n) is 2.17. The van der Waals surface area contributed by atoms with Gasteiger partial charge < -0.3 is 0 Å². The molecule has 0 aliphatic rings. The van der Waals surface area contributed by atoms with Gasteiger partial charge in [-0.25, -0.2) is 14.1 Å². The molecule has 5 nitrogen and oxygen atoms in total. The van der Waals surface area contributed by atoms with Crippen LogP contribution in [0.2, 0.25) is 0 Å². The number of rotatable bonds is 2. The van der Waals surface area contributed by atoms with Crippen molar-refractivity contribution >= 4 is 0 Å². The molecule has 0 unspecified atom stereocenters. The highest BCUT2D eigenvalue weighted by atomic mass is 19.1. The number of hydrogen-bond acceptors (Lipinski definition) is 4. The van der Waals surface area contributed by atoms with Crippen LogP contribution in [0.25, 0.3) is 0 Å². The third-order valence-corrected chi connectivity index (χ3v) is 2.17. The summed E-state index contributed by atoms with van der Waals surface area (Å²) in [5.41, 5.74) is 0.321. The van der Waals surface area contributed by atoms with Crippen molar-refractivity contribution in [2.75, 3.05) is 0 Å². The molecule has 2 aromatic rings. The van der Waals surface area contributed by atoms with Crippen molar-refractivity contribution in [3.63, 3.8) is 0 Å². The Balaban J connectivity index is 2.31. The van der Waals surface area contributed by atoms with E-state index in [0.717, 1.165) is 0 Å². The van der Waals surface area contributed by atoms with Crippen LogP contribution in [0.5, 0.6) is 0 Å². The molecule has 0 fully saturated rings. The monoisotopic (exact) mass is 227 g/mol. The average molecular weight is 227 g/mol. The number of halogens is 1. The Morgan fingerprint density at radius 2 is 2.12 bits per heavy atom. The molecular formula is C11H6FN5. The lowest BCUT2D eigenvalue weighted by Gasteiger charge is -2.03. The van der Waals surface area contributed by atoms with Crippen molar-refractivity contribution in [2.24, 2.45) is 0 Å². The fraction of sp³-hybridized carbons (Fsp3) is 0.0909. The maximum atomic E-state index is 13.7. The smallest absolute Gasteiger partial charge is 0.247 e. The second-order valence-electron chi connectivity index (χ2n) is 3.27. The molecule has 0 N–H and O–H groups in total. The molecular weight excluding hydrogens is 221 g/mol. The first-order valence-corrected chi connectivity index (χ1v) is 4.71. The topological polar surface area (TPSA) is 78.3 Å².